The van der Waals surface area contributed by atoms with Gasteiger partial charge in [-0.25, -0.2) is 4.39 Å². The lowest BCUT2D eigenvalue weighted by Crippen LogP contribution is -2.50. The van der Waals surface area contributed by atoms with Gasteiger partial charge < -0.3 is 15.0 Å². The fourth-order valence-electron chi connectivity index (χ4n) is 3.46. The fraction of sp³-hybridized carbons (Fsp3) is 0.333. The number of halogens is 1. The van der Waals surface area contributed by atoms with Crippen molar-refractivity contribution in [1.82, 2.24) is 24.9 Å². The van der Waals surface area contributed by atoms with Crippen LogP contribution in [0, 0.1) is 12.7 Å². The molecule has 1 aromatic carbocycles. The van der Waals surface area contributed by atoms with Crippen molar-refractivity contribution in [2.24, 2.45) is 0 Å². The van der Waals surface area contributed by atoms with Crippen molar-refractivity contribution in [3.8, 4) is 11.3 Å². The third-order valence-corrected chi connectivity index (χ3v) is 5.14. The van der Waals surface area contributed by atoms with E-state index in [4.69, 9.17) is 4.74 Å². The Morgan fingerprint density at radius 1 is 1.35 bits per heavy atom. The van der Waals surface area contributed by atoms with Crippen LogP contribution in [0.25, 0.3) is 11.3 Å². The highest BCUT2D eigenvalue weighted by atomic mass is 19.1. The minimum absolute atomic E-state index is 0.117. The standard InChI is InChI=1S/C21H23FN6O3/c1-3-28-11-15(13(2)26-28)21(30)27-8-9-31-18(12-27)20(29)23-19-10-17(24-25-19)14-6-4-5-7-16(14)22/h4-7,10-11,18H,3,8-9,12H2,1-2H3,(H2,23,24,25,29). The van der Waals surface area contributed by atoms with Crippen LogP contribution in [0.15, 0.2) is 36.5 Å². The maximum atomic E-state index is 14.0. The molecule has 10 heteroatoms. The van der Waals surface area contributed by atoms with Gasteiger partial charge in [0.25, 0.3) is 11.8 Å². The third-order valence-electron chi connectivity index (χ3n) is 5.14. The zero-order chi connectivity index (χ0) is 22.0. The summed E-state index contributed by atoms with van der Waals surface area (Å²) in [7, 11) is 0. The zero-order valence-electron chi connectivity index (χ0n) is 17.3. The largest absolute Gasteiger partial charge is 0.365 e. The molecular weight excluding hydrogens is 403 g/mol. The van der Waals surface area contributed by atoms with Crippen LogP contribution in [0.1, 0.15) is 23.0 Å². The molecule has 0 spiro atoms. The van der Waals surface area contributed by atoms with Gasteiger partial charge in [0.2, 0.25) is 0 Å². The predicted molar refractivity (Wildman–Crippen MR) is 111 cm³/mol. The number of amides is 2. The Morgan fingerprint density at radius 2 is 2.16 bits per heavy atom. The van der Waals surface area contributed by atoms with Gasteiger partial charge in [0.1, 0.15) is 5.82 Å². The second-order valence-electron chi connectivity index (χ2n) is 7.23. The number of carbonyl (C=O) groups is 2. The van der Waals surface area contributed by atoms with Gasteiger partial charge in [0.05, 0.1) is 30.1 Å². The molecule has 0 saturated carbocycles. The predicted octanol–water partition coefficient (Wildman–Crippen LogP) is 2.22. The van der Waals surface area contributed by atoms with Gasteiger partial charge in [-0.1, -0.05) is 12.1 Å². The van der Waals surface area contributed by atoms with Crippen molar-refractivity contribution in [2.75, 3.05) is 25.0 Å². The number of rotatable bonds is 5. The first-order valence-corrected chi connectivity index (χ1v) is 10.0. The van der Waals surface area contributed by atoms with Crippen LogP contribution in [0.3, 0.4) is 0 Å². The number of H-pyrrole nitrogens is 1. The molecule has 1 aliphatic heterocycles. The van der Waals surface area contributed by atoms with Gasteiger partial charge in [0.15, 0.2) is 11.9 Å². The van der Waals surface area contributed by atoms with Crippen molar-refractivity contribution in [3.63, 3.8) is 0 Å². The van der Waals surface area contributed by atoms with Crippen molar-refractivity contribution in [1.29, 1.82) is 0 Å². The summed E-state index contributed by atoms with van der Waals surface area (Å²) in [4.78, 5) is 27.2. The number of morpholine rings is 1. The van der Waals surface area contributed by atoms with Crippen molar-refractivity contribution >= 4 is 17.6 Å². The Balaban J connectivity index is 1.42. The van der Waals surface area contributed by atoms with Crippen LogP contribution in [-0.4, -0.2) is 62.5 Å². The van der Waals surface area contributed by atoms with Gasteiger partial charge in [0, 0.05) is 30.9 Å². The normalized spacial score (nSPS) is 16.4. The molecule has 3 aromatic rings. The molecular formula is C21H23FN6O3. The summed E-state index contributed by atoms with van der Waals surface area (Å²) in [5, 5.41) is 13.7. The van der Waals surface area contributed by atoms with Crippen LogP contribution in [0.4, 0.5) is 10.2 Å². The Hall–Kier alpha value is -3.53. The topological polar surface area (TPSA) is 105 Å². The van der Waals surface area contributed by atoms with Crippen LogP contribution < -0.4 is 5.32 Å². The highest BCUT2D eigenvalue weighted by Gasteiger charge is 2.31. The Labute approximate surface area is 178 Å². The first kappa shape index (κ1) is 20.7. The average molecular weight is 426 g/mol. The van der Waals surface area contributed by atoms with E-state index in [0.717, 1.165) is 0 Å². The monoisotopic (exact) mass is 426 g/mol. The minimum atomic E-state index is -0.840. The summed E-state index contributed by atoms with van der Waals surface area (Å²) in [5.74, 6) is -0.754. The molecule has 0 aliphatic carbocycles. The van der Waals surface area contributed by atoms with Crippen molar-refractivity contribution in [2.45, 2.75) is 26.5 Å². The van der Waals surface area contributed by atoms with E-state index in [9.17, 15) is 14.0 Å². The SMILES string of the molecule is CCn1cc(C(=O)N2CCOC(C(=O)Nc3cc(-c4ccccc4F)[nH]n3)C2)c(C)n1. The van der Waals surface area contributed by atoms with Gasteiger partial charge in [-0.15, -0.1) is 0 Å². The van der Waals surface area contributed by atoms with Crippen molar-refractivity contribution in [3.05, 3.63) is 53.6 Å². The lowest BCUT2D eigenvalue weighted by molar-refractivity contribution is -0.131. The molecule has 1 aliphatic rings. The van der Waals surface area contributed by atoms with Gasteiger partial charge in [-0.2, -0.15) is 10.2 Å². The summed E-state index contributed by atoms with van der Waals surface area (Å²) in [5.41, 5.74) is 1.96. The van der Waals surface area contributed by atoms with E-state index in [0.29, 0.717) is 35.6 Å². The number of aromatic nitrogens is 4. The third kappa shape index (κ3) is 4.33. The van der Waals surface area contributed by atoms with E-state index < -0.39 is 17.8 Å². The Kier molecular flexibility index (Phi) is 5.81. The highest BCUT2D eigenvalue weighted by Crippen LogP contribution is 2.23. The molecule has 162 valence electrons. The molecule has 2 N–H and O–H groups in total. The molecule has 1 saturated heterocycles. The molecule has 2 aromatic heterocycles. The van der Waals surface area contributed by atoms with E-state index in [1.54, 1.807) is 47.0 Å². The highest BCUT2D eigenvalue weighted by molar-refractivity contribution is 5.97. The summed E-state index contributed by atoms with van der Waals surface area (Å²) >= 11 is 0. The lowest BCUT2D eigenvalue weighted by Gasteiger charge is -2.32. The number of carbonyl (C=O) groups excluding carboxylic acids is 2. The number of aromatic amines is 1. The van der Waals surface area contributed by atoms with Gasteiger partial charge in [-0.3, -0.25) is 19.4 Å². The maximum Gasteiger partial charge on any atom is 0.257 e. The number of nitrogens with zero attached hydrogens (tertiary/aromatic N) is 4. The lowest BCUT2D eigenvalue weighted by atomic mass is 10.1. The molecule has 31 heavy (non-hydrogen) atoms. The van der Waals surface area contributed by atoms with Crippen LogP contribution in [0.5, 0.6) is 0 Å². The Bertz CT molecular complexity index is 1110. The fourth-order valence-corrected chi connectivity index (χ4v) is 3.46. The minimum Gasteiger partial charge on any atom is -0.365 e. The maximum absolute atomic E-state index is 14.0. The first-order chi connectivity index (χ1) is 15.0. The molecule has 3 heterocycles. The number of hydrogen-bond acceptors (Lipinski definition) is 5. The Morgan fingerprint density at radius 3 is 2.90 bits per heavy atom. The molecule has 0 radical (unpaired) electrons. The number of anilines is 1. The summed E-state index contributed by atoms with van der Waals surface area (Å²) in [6, 6.07) is 7.82. The zero-order valence-corrected chi connectivity index (χ0v) is 17.3. The van der Waals surface area contributed by atoms with Gasteiger partial charge in [-0.05, 0) is 26.0 Å². The van der Waals surface area contributed by atoms with E-state index in [1.807, 2.05) is 6.92 Å². The summed E-state index contributed by atoms with van der Waals surface area (Å²) in [6.07, 6.45) is 0.878. The first-order valence-electron chi connectivity index (χ1n) is 10.0. The molecule has 9 nitrogen and oxygen atoms in total. The molecule has 0 bridgehead atoms. The average Bonchev–Trinajstić information content (AvgIpc) is 3.40. The van der Waals surface area contributed by atoms with Crippen molar-refractivity contribution < 1.29 is 18.7 Å². The number of ether oxygens (including phenoxy) is 1. The number of hydrogen-bond donors (Lipinski definition) is 2. The van der Waals surface area contributed by atoms with Crippen LogP contribution in [0.2, 0.25) is 0 Å². The second-order valence-corrected chi connectivity index (χ2v) is 7.23. The molecule has 1 atom stereocenters. The summed E-state index contributed by atoms with van der Waals surface area (Å²) in [6.45, 7) is 5.15. The van der Waals surface area contributed by atoms with E-state index in [-0.39, 0.29) is 24.9 Å². The smallest absolute Gasteiger partial charge is 0.257 e. The van der Waals surface area contributed by atoms with Crippen LogP contribution in [-0.2, 0) is 16.1 Å². The molecule has 1 unspecified atom stereocenters. The number of nitrogens with one attached hydrogen (secondary N) is 2. The molecule has 4 rings (SSSR count). The van der Waals surface area contributed by atoms with Gasteiger partial charge >= 0.3 is 0 Å². The van der Waals surface area contributed by atoms with E-state index >= 15 is 0 Å². The van der Waals surface area contributed by atoms with E-state index in [1.165, 1.54) is 6.07 Å². The van der Waals surface area contributed by atoms with Crippen LogP contribution >= 0.6 is 0 Å². The van der Waals surface area contributed by atoms with E-state index in [2.05, 4.69) is 20.6 Å². The quantitative estimate of drug-likeness (QED) is 0.651. The second kappa shape index (κ2) is 8.68. The molecule has 2 amide bonds. The number of benzene rings is 1. The molecule has 1 fully saturated rings. The number of aryl methyl sites for hydroxylation is 2. The summed E-state index contributed by atoms with van der Waals surface area (Å²) < 4.78 is 21.2.